The van der Waals surface area contributed by atoms with E-state index in [1.54, 1.807) is 7.05 Å². The van der Waals surface area contributed by atoms with E-state index in [1.165, 1.54) is 0 Å². The third-order valence-corrected chi connectivity index (χ3v) is 4.53. The average molecular weight is 369 g/mol. The zero-order valence-electron chi connectivity index (χ0n) is 15.6. The standard InChI is InChI=1S/C21H27N3O3/c1-22-21(24-14-18(15-25)16-7-3-2-4-8-16)23-13-17-9-5-10-19-20(17)27-12-6-11-26-19/h2-5,7-10,18,25H,6,11-15H2,1H3,(H2,22,23,24). The number of aliphatic hydroxyl groups excluding tert-OH is 1. The predicted octanol–water partition coefficient (Wildman–Crippen LogP) is 2.29. The number of aliphatic hydroxyl groups is 1. The van der Waals surface area contributed by atoms with Crippen LogP contribution in [0.3, 0.4) is 0 Å². The Morgan fingerprint density at radius 1 is 1.07 bits per heavy atom. The van der Waals surface area contributed by atoms with Crippen molar-refractivity contribution in [2.24, 2.45) is 4.99 Å². The van der Waals surface area contributed by atoms with E-state index in [4.69, 9.17) is 9.47 Å². The molecule has 6 heteroatoms. The molecule has 0 bridgehead atoms. The molecular formula is C21H27N3O3. The zero-order chi connectivity index (χ0) is 18.9. The van der Waals surface area contributed by atoms with Gasteiger partial charge in [-0.05, 0) is 11.6 Å². The van der Waals surface area contributed by atoms with Crippen LogP contribution in [0.1, 0.15) is 23.5 Å². The fourth-order valence-electron chi connectivity index (χ4n) is 3.03. The van der Waals surface area contributed by atoms with Crippen LogP contribution in [0.15, 0.2) is 53.5 Å². The van der Waals surface area contributed by atoms with Gasteiger partial charge in [-0.15, -0.1) is 0 Å². The number of nitrogens with one attached hydrogen (secondary N) is 2. The molecule has 0 fully saturated rings. The number of nitrogens with zero attached hydrogens (tertiary/aromatic N) is 1. The first-order valence-electron chi connectivity index (χ1n) is 9.29. The van der Waals surface area contributed by atoms with Crippen LogP contribution in [0.5, 0.6) is 11.5 Å². The van der Waals surface area contributed by atoms with Crippen molar-refractivity contribution < 1.29 is 14.6 Å². The SMILES string of the molecule is CN=C(NCc1cccc2c1OCCCO2)NCC(CO)c1ccccc1. The summed E-state index contributed by atoms with van der Waals surface area (Å²) in [6.45, 7) is 2.57. The van der Waals surface area contributed by atoms with Crippen LogP contribution in [0.4, 0.5) is 0 Å². The number of fused-ring (bicyclic) bond motifs is 1. The molecule has 144 valence electrons. The highest BCUT2D eigenvalue weighted by Crippen LogP contribution is 2.33. The number of hydrogen-bond donors (Lipinski definition) is 3. The van der Waals surface area contributed by atoms with Gasteiger partial charge in [-0.25, -0.2) is 0 Å². The Bertz CT molecular complexity index is 750. The van der Waals surface area contributed by atoms with Crippen molar-refractivity contribution in [3.8, 4) is 11.5 Å². The third kappa shape index (κ3) is 5.14. The lowest BCUT2D eigenvalue weighted by atomic mass is 10.0. The summed E-state index contributed by atoms with van der Waals surface area (Å²) in [6.07, 6.45) is 0.882. The summed E-state index contributed by atoms with van der Waals surface area (Å²) >= 11 is 0. The fraction of sp³-hybridized carbons (Fsp3) is 0.381. The second kappa shape index (κ2) is 9.83. The molecule has 3 N–H and O–H groups in total. The molecule has 2 aromatic rings. The molecule has 2 aromatic carbocycles. The molecule has 0 saturated carbocycles. The summed E-state index contributed by atoms with van der Waals surface area (Å²) in [7, 11) is 1.73. The molecule has 0 radical (unpaired) electrons. The molecule has 1 heterocycles. The van der Waals surface area contributed by atoms with E-state index >= 15 is 0 Å². The summed E-state index contributed by atoms with van der Waals surface area (Å²) in [5.41, 5.74) is 2.13. The van der Waals surface area contributed by atoms with Gasteiger partial charge in [-0.1, -0.05) is 42.5 Å². The van der Waals surface area contributed by atoms with E-state index in [2.05, 4.69) is 15.6 Å². The fourth-order valence-corrected chi connectivity index (χ4v) is 3.03. The average Bonchev–Trinajstić information content (AvgIpc) is 2.97. The molecule has 0 aliphatic carbocycles. The minimum atomic E-state index is 0.00878. The maximum atomic E-state index is 9.70. The minimum Gasteiger partial charge on any atom is -0.490 e. The molecule has 1 unspecified atom stereocenters. The molecule has 1 atom stereocenters. The highest BCUT2D eigenvalue weighted by molar-refractivity contribution is 5.79. The maximum absolute atomic E-state index is 9.70. The minimum absolute atomic E-state index is 0.00878. The zero-order valence-corrected chi connectivity index (χ0v) is 15.6. The molecule has 0 saturated heterocycles. The molecular weight excluding hydrogens is 342 g/mol. The molecule has 3 rings (SSSR count). The summed E-state index contributed by atoms with van der Waals surface area (Å²) < 4.78 is 11.6. The van der Waals surface area contributed by atoms with Gasteiger partial charge in [0.1, 0.15) is 0 Å². The quantitative estimate of drug-likeness (QED) is 0.538. The van der Waals surface area contributed by atoms with Crippen molar-refractivity contribution >= 4 is 5.96 Å². The molecule has 27 heavy (non-hydrogen) atoms. The lowest BCUT2D eigenvalue weighted by Crippen LogP contribution is -2.39. The second-order valence-corrected chi connectivity index (χ2v) is 6.39. The van der Waals surface area contributed by atoms with E-state index in [-0.39, 0.29) is 12.5 Å². The Labute approximate surface area is 160 Å². The summed E-state index contributed by atoms with van der Waals surface area (Å²) in [5, 5.41) is 16.3. The van der Waals surface area contributed by atoms with Gasteiger partial charge in [0.2, 0.25) is 0 Å². The van der Waals surface area contributed by atoms with Gasteiger partial charge in [-0.2, -0.15) is 0 Å². The number of ether oxygens (including phenoxy) is 2. The van der Waals surface area contributed by atoms with Crippen molar-refractivity contribution in [2.75, 3.05) is 33.4 Å². The lowest BCUT2D eigenvalue weighted by Gasteiger charge is -2.19. The third-order valence-electron chi connectivity index (χ3n) is 4.53. The molecule has 0 amide bonds. The maximum Gasteiger partial charge on any atom is 0.191 e. The largest absolute Gasteiger partial charge is 0.490 e. The van der Waals surface area contributed by atoms with Gasteiger partial charge < -0.3 is 25.2 Å². The summed E-state index contributed by atoms with van der Waals surface area (Å²) in [6, 6.07) is 15.9. The van der Waals surface area contributed by atoms with Crippen LogP contribution in [-0.2, 0) is 6.54 Å². The van der Waals surface area contributed by atoms with Gasteiger partial charge in [0.15, 0.2) is 17.5 Å². The van der Waals surface area contributed by atoms with Gasteiger partial charge >= 0.3 is 0 Å². The number of guanidine groups is 1. The number of rotatable bonds is 6. The Morgan fingerprint density at radius 3 is 2.67 bits per heavy atom. The first-order valence-corrected chi connectivity index (χ1v) is 9.29. The highest BCUT2D eigenvalue weighted by atomic mass is 16.5. The first-order chi connectivity index (χ1) is 13.3. The van der Waals surface area contributed by atoms with Gasteiger partial charge in [-0.3, -0.25) is 4.99 Å². The Hall–Kier alpha value is -2.73. The van der Waals surface area contributed by atoms with Crippen LogP contribution in [0.2, 0.25) is 0 Å². The van der Waals surface area contributed by atoms with Crippen molar-refractivity contribution in [1.29, 1.82) is 0 Å². The summed E-state index contributed by atoms with van der Waals surface area (Å²) in [4.78, 5) is 4.27. The topological polar surface area (TPSA) is 75.1 Å². The highest BCUT2D eigenvalue weighted by Gasteiger charge is 2.15. The van der Waals surface area contributed by atoms with Crippen LogP contribution >= 0.6 is 0 Å². The summed E-state index contributed by atoms with van der Waals surface area (Å²) in [5.74, 6) is 2.28. The van der Waals surface area contributed by atoms with Gasteiger partial charge in [0.05, 0.1) is 19.8 Å². The van der Waals surface area contributed by atoms with E-state index in [0.717, 1.165) is 29.0 Å². The Balaban J connectivity index is 1.58. The number of aliphatic imine (C=N–C) groups is 1. The van der Waals surface area contributed by atoms with Gasteiger partial charge in [0.25, 0.3) is 0 Å². The van der Waals surface area contributed by atoms with E-state index in [1.807, 2.05) is 48.5 Å². The van der Waals surface area contributed by atoms with Crippen LogP contribution < -0.4 is 20.1 Å². The molecule has 6 nitrogen and oxygen atoms in total. The van der Waals surface area contributed by atoms with Crippen LogP contribution in [0.25, 0.3) is 0 Å². The lowest BCUT2D eigenvalue weighted by molar-refractivity contribution is 0.265. The van der Waals surface area contributed by atoms with Crippen molar-refractivity contribution in [3.63, 3.8) is 0 Å². The van der Waals surface area contributed by atoms with Crippen LogP contribution in [-0.4, -0.2) is 44.5 Å². The van der Waals surface area contributed by atoms with E-state index in [0.29, 0.717) is 32.3 Å². The number of hydrogen-bond acceptors (Lipinski definition) is 4. The molecule has 0 spiro atoms. The Morgan fingerprint density at radius 2 is 1.89 bits per heavy atom. The van der Waals surface area contributed by atoms with Crippen molar-refractivity contribution in [1.82, 2.24) is 10.6 Å². The van der Waals surface area contributed by atoms with Crippen molar-refractivity contribution in [2.45, 2.75) is 18.9 Å². The molecule has 0 aromatic heterocycles. The Kier molecular flexibility index (Phi) is 6.93. The predicted molar refractivity (Wildman–Crippen MR) is 107 cm³/mol. The smallest absolute Gasteiger partial charge is 0.191 e. The second-order valence-electron chi connectivity index (χ2n) is 6.39. The normalized spacial score (nSPS) is 15.0. The van der Waals surface area contributed by atoms with Gasteiger partial charge in [0, 0.05) is 38.0 Å². The van der Waals surface area contributed by atoms with Crippen LogP contribution in [0, 0.1) is 0 Å². The molecule has 1 aliphatic rings. The first kappa shape index (κ1) is 19.0. The van der Waals surface area contributed by atoms with Crippen molar-refractivity contribution in [3.05, 3.63) is 59.7 Å². The van der Waals surface area contributed by atoms with E-state index in [9.17, 15) is 5.11 Å². The van der Waals surface area contributed by atoms with E-state index < -0.39 is 0 Å². The molecule has 1 aliphatic heterocycles. The monoisotopic (exact) mass is 369 g/mol. The number of benzene rings is 2. The number of para-hydroxylation sites is 1.